The highest BCUT2D eigenvalue weighted by Gasteiger charge is 2.27. The van der Waals surface area contributed by atoms with Crippen molar-refractivity contribution < 1.29 is 17.6 Å². The molecule has 130 valence electrons. The normalized spacial score (nSPS) is 19.7. The van der Waals surface area contributed by atoms with Crippen molar-refractivity contribution in [2.45, 2.75) is 33.1 Å². The Bertz CT molecular complexity index is 911. The van der Waals surface area contributed by atoms with Gasteiger partial charge in [0.2, 0.25) is 0 Å². The van der Waals surface area contributed by atoms with Crippen LogP contribution in [-0.4, -0.2) is 26.5 Å². The highest BCUT2D eigenvalue weighted by molar-refractivity contribution is 7.91. The molecule has 1 saturated heterocycles. The first-order valence-electron chi connectivity index (χ1n) is 8.29. The summed E-state index contributed by atoms with van der Waals surface area (Å²) in [6, 6.07) is 5.34. The van der Waals surface area contributed by atoms with Crippen LogP contribution in [0.2, 0.25) is 0 Å². The van der Waals surface area contributed by atoms with Gasteiger partial charge in [0, 0.05) is 17.0 Å². The molecule has 0 N–H and O–H groups in total. The molecule has 0 bridgehead atoms. The van der Waals surface area contributed by atoms with Gasteiger partial charge in [0.15, 0.2) is 9.84 Å². The number of ether oxygens (including phenoxy) is 1. The van der Waals surface area contributed by atoms with E-state index in [0.717, 1.165) is 35.8 Å². The molecule has 1 atom stereocenters. The van der Waals surface area contributed by atoms with E-state index < -0.39 is 9.84 Å². The zero-order valence-electron chi connectivity index (χ0n) is 14.0. The van der Waals surface area contributed by atoms with Crippen LogP contribution < -0.4 is 10.4 Å². The molecule has 1 unspecified atom stereocenters. The third-order valence-electron chi connectivity index (χ3n) is 4.69. The van der Waals surface area contributed by atoms with Crippen molar-refractivity contribution in [3.05, 3.63) is 39.7 Å². The summed E-state index contributed by atoms with van der Waals surface area (Å²) in [6.45, 7) is 4.34. The quantitative estimate of drug-likeness (QED) is 0.775. The van der Waals surface area contributed by atoms with Gasteiger partial charge in [-0.15, -0.1) is 0 Å². The van der Waals surface area contributed by atoms with Gasteiger partial charge in [0.1, 0.15) is 11.3 Å². The molecule has 1 aliphatic rings. The molecule has 1 aliphatic heterocycles. The van der Waals surface area contributed by atoms with Gasteiger partial charge in [-0.1, -0.05) is 6.92 Å². The minimum atomic E-state index is -2.85. The fourth-order valence-electron chi connectivity index (χ4n) is 3.29. The van der Waals surface area contributed by atoms with Crippen LogP contribution in [0.15, 0.2) is 27.4 Å². The second kappa shape index (κ2) is 6.59. The molecule has 3 rings (SSSR count). The first-order chi connectivity index (χ1) is 11.4. The summed E-state index contributed by atoms with van der Waals surface area (Å²) >= 11 is 0. The fraction of sp³-hybridized carbons (Fsp3) is 0.500. The first kappa shape index (κ1) is 17.0. The van der Waals surface area contributed by atoms with Crippen LogP contribution in [0.5, 0.6) is 5.75 Å². The van der Waals surface area contributed by atoms with Gasteiger partial charge < -0.3 is 9.15 Å². The second-order valence-corrected chi connectivity index (χ2v) is 8.64. The zero-order valence-corrected chi connectivity index (χ0v) is 14.8. The summed E-state index contributed by atoms with van der Waals surface area (Å²) in [5.41, 5.74) is 1.99. The molecule has 0 spiro atoms. The van der Waals surface area contributed by atoms with Gasteiger partial charge in [0.05, 0.1) is 18.1 Å². The Balaban J connectivity index is 1.76. The molecule has 1 aromatic carbocycles. The third-order valence-corrected chi connectivity index (χ3v) is 6.53. The van der Waals surface area contributed by atoms with Crippen molar-refractivity contribution in [1.82, 2.24) is 0 Å². The third kappa shape index (κ3) is 3.48. The Kier molecular flexibility index (Phi) is 4.67. The largest absolute Gasteiger partial charge is 0.493 e. The maximum Gasteiger partial charge on any atom is 0.336 e. The average Bonchev–Trinajstić information content (AvgIpc) is 2.88. The van der Waals surface area contributed by atoms with Crippen LogP contribution >= 0.6 is 0 Å². The van der Waals surface area contributed by atoms with E-state index in [2.05, 4.69) is 0 Å². The number of hydrogen-bond acceptors (Lipinski definition) is 5. The smallest absolute Gasteiger partial charge is 0.336 e. The minimum Gasteiger partial charge on any atom is -0.493 e. The lowest BCUT2D eigenvalue weighted by atomic mass is 10.0. The number of benzene rings is 1. The van der Waals surface area contributed by atoms with E-state index in [4.69, 9.17) is 9.15 Å². The number of hydrogen-bond donors (Lipinski definition) is 0. The number of aryl methyl sites for hydroxylation is 2. The van der Waals surface area contributed by atoms with Crippen LogP contribution in [0.3, 0.4) is 0 Å². The van der Waals surface area contributed by atoms with Crippen LogP contribution in [-0.2, 0) is 16.3 Å². The predicted octanol–water partition coefficient (Wildman–Crippen LogP) is 2.87. The predicted molar refractivity (Wildman–Crippen MR) is 93.5 cm³/mol. The molecule has 1 aromatic heterocycles. The molecule has 0 radical (unpaired) electrons. The van der Waals surface area contributed by atoms with Crippen molar-refractivity contribution in [3.63, 3.8) is 0 Å². The standard InChI is InChI=1S/C18H22O5S/c1-3-14-10-17(19)23-18-12(2)16(5-4-15(14)18)22-8-6-13-7-9-24(20,21)11-13/h4-5,10,13H,3,6-9,11H2,1-2H3. The van der Waals surface area contributed by atoms with E-state index in [0.29, 0.717) is 17.9 Å². The molecule has 6 heteroatoms. The molecular weight excluding hydrogens is 328 g/mol. The Morgan fingerprint density at radius 3 is 2.79 bits per heavy atom. The van der Waals surface area contributed by atoms with Gasteiger partial charge in [-0.3, -0.25) is 0 Å². The summed E-state index contributed by atoms with van der Waals surface area (Å²) in [5.74, 6) is 1.42. The summed E-state index contributed by atoms with van der Waals surface area (Å²) in [4.78, 5) is 11.7. The summed E-state index contributed by atoms with van der Waals surface area (Å²) in [6.07, 6.45) is 2.20. The molecule has 0 saturated carbocycles. The second-order valence-electron chi connectivity index (χ2n) is 6.42. The summed E-state index contributed by atoms with van der Waals surface area (Å²) in [7, 11) is -2.85. The number of sulfone groups is 1. The fourth-order valence-corrected chi connectivity index (χ4v) is 5.20. The minimum absolute atomic E-state index is 0.181. The molecule has 0 aliphatic carbocycles. The lowest BCUT2D eigenvalue weighted by Crippen LogP contribution is -2.10. The molecule has 0 amide bonds. The highest BCUT2D eigenvalue weighted by atomic mass is 32.2. The Morgan fingerprint density at radius 1 is 1.33 bits per heavy atom. The van der Waals surface area contributed by atoms with Gasteiger partial charge >= 0.3 is 5.63 Å². The monoisotopic (exact) mass is 350 g/mol. The first-order valence-corrected chi connectivity index (χ1v) is 10.1. The Morgan fingerprint density at radius 2 is 2.12 bits per heavy atom. The molecule has 24 heavy (non-hydrogen) atoms. The van der Waals surface area contributed by atoms with Gasteiger partial charge in [-0.05, 0) is 49.8 Å². The van der Waals surface area contributed by atoms with Crippen LogP contribution in [0, 0.1) is 12.8 Å². The Hall–Kier alpha value is -1.82. The van der Waals surface area contributed by atoms with Gasteiger partial charge in [0.25, 0.3) is 0 Å². The van der Waals surface area contributed by atoms with Crippen LogP contribution in [0.25, 0.3) is 11.0 Å². The molecule has 2 heterocycles. The van der Waals surface area contributed by atoms with Gasteiger partial charge in [-0.2, -0.15) is 0 Å². The highest BCUT2D eigenvalue weighted by Crippen LogP contribution is 2.29. The van der Waals surface area contributed by atoms with E-state index >= 15 is 0 Å². The topological polar surface area (TPSA) is 73.6 Å². The maximum atomic E-state index is 11.7. The van der Waals surface area contributed by atoms with E-state index in [1.807, 2.05) is 26.0 Å². The maximum absolute atomic E-state index is 11.7. The van der Waals surface area contributed by atoms with E-state index in [1.54, 1.807) is 0 Å². The molecule has 1 fully saturated rings. The Labute approximate surface area is 141 Å². The van der Waals surface area contributed by atoms with Crippen molar-refractivity contribution in [2.24, 2.45) is 5.92 Å². The van der Waals surface area contributed by atoms with Crippen molar-refractivity contribution in [2.75, 3.05) is 18.1 Å². The van der Waals surface area contributed by atoms with Crippen LogP contribution in [0.4, 0.5) is 0 Å². The molecule has 2 aromatic rings. The number of rotatable bonds is 5. The van der Waals surface area contributed by atoms with Crippen LogP contribution in [0.1, 0.15) is 30.9 Å². The molecular formula is C18H22O5S. The van der Waals surface area contributed by atoms with E-state index in [-0.39, 0.29) is 23.0 Å². The van der Waals surface area contributed by atoms with E-state index in [9.17, 15) is 13.2 Å². The number of fused-ring (bicyclic) bond motifs is 1. The summed E-state index contributed by atoms with van der Waals surface area (Å²) < 4.78 is 34.2. The van der Waals surface area contributed by atoms with E-state index in [1.165, 1.54) is 6.07 Å². The lowest BCUT2D eigenvalue weighted by Gasteiger charge is -2.13. The van der Waals surface area contributed by atoms with Crippen molar-refractivity contribution >= 4 is 20.8 Å². The molecule has 5 nitrogen and oxygen atoms in total. The summed E-state index contributed by atoms with van der Waals surface area (Å²) in [5, 5.41) is 0.934. The zero-order chi connectivity index (χ0) is 17.3. The average molecular weight is 350 g/mol. The van der Waals surface area contributed by atoms with Crippen molar-refractivity contribution in [3.8, 4) is 5.75 Å². The SMILES string of the molecule is CCc1cc(=O)oc2c(C)c(OCCC3CCS(=O)(=O)C3)ccc12. The van der Waals surface area contributed by atoms with Gasteiger partial charge in [-0.25, -0.2) is 13.2 Å². The lowest BCUT2D eigenvalue weighted by molar-refractivity contribution is 0.284. The van der Waals surface area contributed by atoms with Crippen molar-refractivity contribution in [1.29, 1.82) is 0 Å².